The van der Waals surface area contributed by atoms with Gasteiger partial charge in [-0.2, -0.15) is 0 Å². The minimum absolute atomic E-state index is 0.0307. The molecule has 0 radical (unpaired) electrons. The van der Waals surface area contributed by atoms with Crippen molar-refractivity contribution in [3.05, 3.63) is 23.8 Å². The molecule has 6 nitrogen and oxygen atoms in total. The quantitative estimate of drug-likeness (QED) is 0.649. The molecule has 1 fully saturated rings. The zero-order valence-corrected chi connectivity index (χ0v) is 16.0. The topological polar surface area (TPSA) is 67.9 Å². The minimum Gasteiger partial charge on any atom is -0.493 e. The number of methoxy groups -OCH3 is 2. The van der Waals surface area contributed by atoms with E-state index in [4.69, 9.17) is 9.47 Å². The van der Waals surface area contributed by atoms with Gasteiger partial charge in [-0.25, -0.2) is 0 Å². The Bertz CT molecular complexity index is 618. The van der Waals surface area contributed by atoms with Gasteiger partial charge in [0, 0.05) is 26.1 Å². The number of nitrogens with zero attached hydrogens (tertiary/aromatic N) is 1. The highest BCUT2D eigenvalue weighted by Gasteiger charge is 2.33. The predicted octanol–water partition coefficient (Wildman–Crippen LogP) is 2.40. The van der Waals surface area contributed by atoms with Crippen molar-refractivity contribution < 1.29 is 19.1 Å². The average Bonchev–Trinajstić information content (AvgIpc) is 3.02. The fourth-order valence-corrected chi connectivity index (χ4v) is 3.23. The van der Waals surface area contributed by atoms with Crippen LogP contribution in [-0.2, 0) is 16.0 Å². The summed E-state index contributed by atoms with van der Waals surface area (Å²) in [5.74, 6) is 1.21. The molecule has 1 saturated heterocycles. The zero-order chi connectivity index (χ0) is 18.9. The van der Waals surface area contributed by atoms with Crippen LogP contribution in [0, 0.1) is 5.92 Å². The Morgan fingerprint density at radius 2 is 2.00 bits per heavy atom. The zero-order valence-electron chi connectivity index (χ0n) is 16.0. The Morgan fingerprint density at radius 1 is 1.23 bits per heavy atom. The monoisotopic (exact) mass is 362 g/mol. The number of hydrogen-bond acceptors (Lipinski definition) is 4. The summed E-state index contributed by atoms with van der Waals surface area (Å²) in [6.45, 7) is 3.99. The fourth-order valence-electron chi connectivity index (χ4n) is 3.23. The fraction of sp³-hybridized carbons (Fsp3) is 0.600. The van der Waals surface area contributed by atoms with Crippen molar-refractivity contribution in [1.82, 2.24) is 10.2 Å². The second-order valence-corrected chi connectivity index (χ2v) is 6.68. The molecule has 6 heteroatoms. The summed E-state index contributed by atoms with van der Waals surface area (Å²) in [5.41, 5.74) is 1.06. The lowest BCUT2D eigenvalue weighted by atomic mass is 10.1. The molecule has 0 saturated carbocycles. The van der Waals surface area contributed by atoms with E-state index < -0.39 is 0 Å². The number of carbonyl (C=O) groups is 2. The maximum atomic E-state index is 12.3. The number of hydrogen-bond donors (Lipinski definition) is 1. The van der Waals surface area contributed by atoms with Crippen LogP contribution in [0.15, 0.2) is 18.2 Å². The van der Waals surface area contributed by atoms with E-state index in [0.29, 0.717) is 37.4 Å². The SMILES string of the molecule is CCCCCN1CC(C(=O)NCCc2ccc(OC)c(OC)c2)CC1=O. The van der Waals surface area contributed by atoms with Gasteiger partial charge in [0.15, 0.2) is 11.5 Å². The van der Waals surface area contributed by atoms with Crippen LogP contribution in [0.4, 0.5) is 0 Å². The predicted molar refractivity (Wildman–Crippen MR) is 100 cm³/mol. The second-order valence-electron chi connectivity index (χ2n) is 6.68. The van der Waals surface area contributed by atoms with Crippen LogP contribution in [0.2, 0.25) is 0 Å². The summed E-state index contributed by atoms with van der Waals surface area (Å²) in [6.07, 6.45) is 4.28. The van der Waals surface area contributed by atoms with E-state index >= 15 is 0 Å². The summed E-state index contributed by atoms with van der Waals surface area (Å²) in [5, 5.41) is 2.96. The molecule has 1 N–H and O–H groups in total. The van der Waals surface area contributed by atoms with Gasteiger partial charge in [0.05, 0.1) is 20.1 Å². The molecule has 0 bridgehead atoms. The number of carbonyl (C=O) groups excluding carboxylic acids is 2. The third kappa shape index (κ3) is 5.38. The molecule has 1 aliphatic rings. The number of unbranched alkanes of at least 4 members (excludes halogenated alkanes) is 2. The van der Waals surface area contributed by atoms with Gasteiger partial charge >= 0.3 is 0 Å². The summed E-state index contributed by atoms with van der Waals surface area (Å²) < 4.78 is 10.5. The lowest BCUT2D eigenvalue weighted by molar-refractivity contribution is -0.129. The molecule has 2 amide bonds. The lowest BCUT2D eigenvalue weighted by Crippen LogP contribution is -2.34. The highest BCUT2D eigenvalue weighted by Crippen LogP contribution is 2.27. The van der Waals surface area contributed by atoms with Gasteiger partial charge in [-0.05, 0) is 30.5 Å². The van der Waals surface area contributed by atoms with Crippen LogP contribution in [0.5, 0.6) is 11.5 Å². The minimum atomic E-state index is -0.227. The normalized spacial score (nSPS) is 16.7. The van der Waals surface area contributed by atoms with Crippen LogP contribution in [0.3, 0.4) is 0 Å². The van der Waals surface area contributed by atoms with Crippen molar-refractivity contribution in [3.8, 4) is 11.5 Å². The summed E-state index contributed by atoms with van der Waals surface area (Å²) in [7, 11) is 3.21. The highest BCUT2D eigenvalue weighted by molar-refractivity contribution is 5.89. The molecular formula is C20H30N2O4. The Labute approximate surface area is 155 Å². The first-order valence-electron chi connectivity index (χ1n) is 9.35. The Kier molecular flexibility index (Phi) is 7.75. The molecule has 1 aromatic carbocycles. The first-order valence-corrected chi connectivity index (χ1v) is 9.35. The van der Waals surface area contributed by atoms with Crippen LogP contribution < -0.4 is 14.8 Å². The summed E-state index contributed by atoms with van der Waals surface area (Å²) >= 11 is 0. The lowest BCUT2D eigenvalue weighted by Gasteiger charge is -2.16. The van der Waals surface area contributed by atoms with Gasteiger partial charge in [-0.3, -0.25) is 9.59 Å². The molecule has 1 atom stereocenters. The number of likely N-dealkylation sites (tertiary alicyclic amines) is 1. The van der Waals surface area contributed by atoms with Crippen molar-refractivity contribution in [2.45, 2.75) is 39.0 Å². The van der Waals surface area contributed by atoms with E-state index in [-0.39, 0.29) is 17.7 Å². The van der Waals surface area contributed by atoms with Gasteiger partial charge in [0.25, 0.3) is 0 Å². The number of ether oxygens (including phenoxy) is 2. The Morgan fingerprint density at radius 3 is 2.69 bits per heavy atom. The van der Waals surface area contributed by atoms with Gasteiger partial charge in [-0.1, -0.05) is 25.8 Å². The maximum Gasteiger partial charge on any atom is 0.225 e. The number of nitrogens with one attached hydrogen (secondary N) is 1. The van der Waals surface area contributed by atoms with Crippen LogP contribution >= 0.6 is 0 Å². The van der Waals surface area contributed by atoms with Gasteiger partial charge in [-0.15, -0.1) is 0 Å². The highest BCUT2D eigenvalue weighted by atomic mass is 16.5. The molecule has 26 heavy (non-hydrogen) atoms. The smallest absolute Gasteiger partial charge is 0.225 e. The molecule has 0 aromatic heterocycles. The molecule has 0 spiro atoms. The van der Waals surface area contributed by atoms with Crippen molar-refractivity contribution >= 4 is 11.8 Å². The molecule has 1 aromatic rings. The van der Waals surface area contributed by atoms with Crippen LogP contribution in [-0.4, -0.2) is 50.6 Å². The summed E-state index contributed by atoms with van der Waals surface area (Å²) in [6, 6.07) is 5.74. The summed E-state index contributed by atoms with van der Waals surface area (Å²) in [4.78, 5) is 26.2. The largest absolute Gasteiger partial charge is 0.493 e. The van der Waals surface area contributed by atoms with E-state index in [1.807, 2.05) is 23.1 Å². The maximum absolute atomic E-state index is 12.3. The van der Waals surface area contributed by atoms with E-state index in [1.165, 1.54) is 0 Å². The third-order valence-corrected chi connectivity index (χ3v) is 4.78. The van der Waals surface area contributed by atoms with Crippen molar-refractivity contribution in [2.75, 3.05) is 33.9 Å². The number of amides is 2. The van der Waals surface area contributed by atoms with Crippen molar-refractivity contribution in [3.63, 3.8) is 0 Å². The van der Waals surface area contributed by atoms with Crippen LogP contribution in [0.1, 0.15) is 38.2 Å². The van der Waals surface area contributed by atoms with E-state index in [1.54, 1.807) is 14.2 Å². The number of rotatable bonds is 10. The Balaban J connectivity index is 1.78. The van der Waals surface area contributed by atoms with E-state index in [0.717, 1.165) is 31.4 Å². The van der Waals surface area contributed by atoms with Gasteiger partial charge < -0.3 is 19.7 Å². The number of benzene rings is 1. The first-order chi connectivity index (χ1) is 12.6. The molecule has 1 aliphatic heterocycles. The molecule has 1 heterocycles. The van der Waals surface area contributed by atoms with Crippen molar-refractivity contribution in [1.29, 1.82) is 0 Å². The molecule has 1 unspecified atom stereocenters. The van der Waals surface area contributed by atoms with Gasteiger partial charge in [0.2, 0.25) is 11.8 Å². The second kappa shape index (κ2) is 10.0. The molecule has 144 valence electrons. The van der Waals surface area contributed by atoms with E-state index in [2.05, 4.69) is 12.2 Å². The van der Waals surface area contributed by atoms with Gasteiger partial charge in [0.1, 0.15) is 0 Å². The molecule has 0 aliphatic carbocycles. The Hall–Kier alpha value is -2.24. The average molecular weight is 362 g/mol. The van der Waals surface area contributed by atoms with Crippen molar-refractivity contribution in [2.24, 2.45) is 5.92 Å². The molecular weight excluding hydrogens is 332 g/mol. The van der Waals surface area contributed by atoms with E-state index in [9.17, 15) is 9.59 Å². The first kappa shape index (κ1) is 20.1. The molecule has 2 rings (SSSR count). The third-order valence-electron chi connectivity index (χ3n) is 4.78. The van der Waals surface area contributed by atoms with Crippen LogP contribution in [0.25, 0.3) is 0 Å². The standard InChI is InChI=1S/C20H30N2O4/c1-4-5-6-11-22-14-16(13-19(22)23)20(24)21-10-9-15-7-8-17(25-2)18(12-15)26-3/h7-8,12,16H,4-6,9-11,13-14H2,1-3H3,(H,21,24).